The van der Waals surface area contributed by atoms with Crippen LogP contribution in [-0.4, -0.2) is 14.0 Å². The largest absolute Gasteiger partial charge is 0.326 e. The number of anilines is 1. The van der Waals surface area contributed by atoms with Crippen molar-refractivity contribution < 1.29 is 4.79 Å². The van der Waals surface area contributed by atoms with Crippen LogP contribution in [0.4, 0.5) is 5.69 Å². The molecular weight excluding hydrogens is 238 g/mol. The molecule has 100 valence electrons. The van der Waals surface area contributed by atoms with Gasteiger partial charge in [0.2, 0.25) is 5.91 Å². The van der Waals surface area contributed by atoms with Gasteiger partial charge in [-0.05, 0) is 17.0 Å². The Bertz CT molecular complexity index is 453. The van der Waals surface area contributed by atoms with E-state index in [2.05, 4.69) is 63.9 Å². The molecule has 0 aliphatic heterocycles. The minimum atomic E-state index is -1.32. The van der Waals surface area contributed by atoms with Crippen LogP contribution in [0.1, 0.15) is 33.3 Å². The first kappa shape index (κ1) is 15.0. The average Bonchev–Trinajstić information content (AvgIpc) is 2.13. The lowest BCUT2D eigenvalue weighted by Crippen LogP contribution is -2.38. The fourth-order valence-corrected chi connectivity index (χ4v) is 3.09. The van der Waals surface area contributed by atoms with E-state index in [9.17, 15) is 4.79 Å². The van der Waals surface area contributed by atoms with Crippen LogP contribution >= 0.6 is 0 Å². The van der Waals surface area contributed by atoms with Gasteiger partial charge in [-0.15, -0.1) is 0 Å². The van der Waals surface area contributed by atoms with Gasteiger partial charge in [-0.3, -0.25) is 4.79 Å². The quantitative estimate of drug-likeness (QED) is 0.813. The van der Waals surface area contributed by atoms with E-state index in [1.54, 1.807) is 6.92 Å². The summed E-state index contributed by atoms with van der Waals surface area (Å²) in [5.41, 5.74) is 2.20. The summed E-state index contributed by atoms with van der Waals surface area (Å²) in [7, 11) is -1.32. The lowest BCUT2D eigenvalue weighted by atomic mass is 9.86. The SMILES string of the molecule is CC(=O)Nc1ccc([Si](C)(C)C)cc1C(C)(C)C. The zero-order valence-corrected chi connectivity index (χ0v) is 13.6. The highest BCUT2D eigenvalue weighted by Gasteiger charge is 2.23. The van der Waals surface area contributed by atoms with Crippen molar-refractivity contribution in [3.8, 4) is 0 Å². The molecule has 0 saturated heterocycles. The second-order valence-electron chi connectivity index (χ2n) is 6.94. The fourth-order valence-electron chi connectivity index (χ4n) is 1.93. The van der Waals surface area contributed by atoms with Crippen LogP contribution in [0.15, 0.2) is 18.2 Å². The number of hydrogen-bond acceptors (Lipinski definition) is 1. The van der Waals surface area contributed by atoms with E-state index in [4.69, 9.17) is 0 Å². The van der Waals surface area contributed by atoms with E-state index in [1.165, 1.54) is 10.8 Å². The Morgan fingerprint density at radius 1 is 1.17 bits per heavy atom. The molecule has 2 nitrogen and oxygen atoms in total. The molecule has 1 aromatic carbocycles. The molecule has 0 spiro atoms. The van der Waals surface area contributed by atoms with Crippen molar-refractivity contribution in [2.45, 2.75) is 52.8 Å². The van der Waals surface area contributed by atoms with Crippen LogP contribution in [0.25, 0.3) is 0 Å². The van der Waals surface area contributed by atoms with Gasteiger partial charge in [0.25, 0.3) is 0 Å². The highest BCUT2D eigenvalue weighted by atomic mass is 28.3. The molecule has 0 atom stereocenters. The molecule has 0 saturated carbocycles. The molecule has 18 heavy (non-hydrogen) atoms. The van der Waals surface area contributed by atoms with E-state index >= 15 is 0 Å². The monoisotopic (exact) mass is 263 g/mol. The lowest BCUT2D eigenvalue weighted by molar-refractivity contribution is -0.114. The van der Waals surface area contributed by atoms with Gasteiger partial charge < -0.3 is 5.32 Å². The Morgan fingerprint density at radius 3 is 2.11 bits per heavy atom. The van der Waals surface area contributed by atoms with E-state index in [0.717, 1.165) is 5.69 Å². The maximum atomic E-state index is 11.3. The second-order valence-corrected chi connectivity index (χ2v) is 12.0. The molecule has 0 bridgehead atoms. The molecular formula is C15H25NOSi. The molecule has 0 radical (unpaired) electrons. The van der Waals surface area contributed by atoms with Crippen molar-refractivity contribution in [1.82, 2.24) is 0 Å². The van der Waals surface area contributed by atoms with Gasteiger partial charge in [0.15, 0.2) is 0 Å². The fraction of sp³-hybridized carbons (Fsp3) is 0.533. The average molecular weight is 263 g/mol. The first-order valence-corrected chi connectivity index (χ1v) is 9.94. The number of amides is 1. The predicted molar refractivity (Wildman–Crippen MR) is 82.4 cm³/mol. The molecule has 0 heterocycles. The number of carbonyl (C=O) groups excluding carboxylic acids is 1. The summed E-state index contributed by atoms with van der Waals surface area (Å²) in [6.45, 7) is 15.1. The molecule has 0 fully saturated rings. The minimum absolute atomic E-state index is 0.0127. The lowest BCUT2D eigenvalue weighted by Gasteiger charge is -2.26. The summed E-state index contributed by atoms with van der Waals surface area (Å²) >= 11 is 0. The van der Waals surface area contributed by atoms with Crippen molar-refractivity contribution in [1.29, 1.82) is 0 Å². The van der Waals surface area contributed by atoms with Gasteiger partial charge in [0.1, 0.15) is 0 Å². The van der Waals surface area contributed by atoms with Crippen molar-refractivity contribution >= 4 is 24.9 Å². The Labute approximate surface area is 112 Å². The number of rotatable bonds is 2. The first-order valence-electron chi connectivity index (χ1n) is 6.44. The van der Waals surface area contributed by atoms with Crippen molar-refractivity contribution in [3.05, 3.63) is 23.8 Å². The van der Waals surface area contributed by atoms with Gasteiger partial charge in [0.05, 0.1) is 8.07 Å². The summed E-state index contributed by atoms with van der Waals surface area (Å²) < 4.78 is 0. The Kier molecular flexibility index (Phi) is 4.06. The van der Waals surface area contributed by atoms with Gasteiger partial charge in [0, 0.05) is 12.6 Å². The van der Waals surface area contributed by atoms with Crippen LogP contribution < -0.4 is 10.5 Å². The highest BCUT2D eigenvalue weighted by Crippen LogP contribution is 2.29. The van der Waals surface area contributed by atoms with Gasteiger partial charge in [-0.2, -0.15) is 0 Å². The van der Waals surface area contributed by atoms with Gasteiger partial charge in [-0.25, -0.2) is 0 Å². The summed E-state index contributed by atoms with van der Waals surface area (Å²) in [6, 6.07) is 6.49. The van der Waals surface area contributed by atoms with Crippen LogP contribution in [0.2, 0.25) is 19.6 Å². The number of nitrogens with one attached hydrogen (secondary N) is 1. The van der Waals surface area contributed by atoms with Crippen molar-refractivity contribution in [2.75, 3.05) is 5.32 Å². The topological polar surface area (TPSA) is 29.1 Å². The van der Waals surface area contributed by atoms with E-state index in [-0.39, 0.29) is 11.3 Å². The van der Waals surface area contributed by atoms with Crippen LogP contribution in [0.5, 0.6) is 0 Å². The summed E-state index contributed by atoms with van der Waals surface area (Å²) in [6.07, 6.45) is 0. The molecule has 1 N–H and O–H groups in total. The third kappa shape index (κ3) is 3.70. The first-order chi connectivity index (χ1) is 8.01. The molecule has 1 aromatic rings. The zero-order chi connectivity index (χ0) is 14.1. The highest BCUT2D eigenvalue weighted by molar-refractivity contribution is 6.88. The predicted octanol–water partition coefficient (Wildman–Crippen LogP) is 3.49. The Balaban J connectivity index is 3.34. The summed E-state index contributed by atoms with van der Waals surface area (Å²) in [5.74, 6) is -0.0127. The normalized spacial score (nSPS) is 12.4. The van der Waals surface area contributed by atoms with Crippen molar-refractivity contribution in [3.63, 3.8) is 0 Å². The summed E-state index contributed by atoms with van der Waals surface area (Å²) in [4.78, 5) is 11.3. The molecule has 0 aliphatic carbocycles. The minimum Gasteiger partial charge on any atom is -0.326 e. The van der Waals surface area contributed by atoms with Crippen LogP contribution in [0, 0.1) is 0 Å². The molecule has 0 aliphatic rings. The van der Waals surface area contributed by atoms with Crippen LogP contribution in [0.3, 0.4) is 0 Å². The molecule has 1 rings (SSSR count). The smallest absolute Gasteiger partial charge is 0.221 e. The summed E-state index contributed by atoms with van der Waals surface area (Å²) in [5, 5.41) is 4.37. The van der Waals surface area contributed by atoms with Crippen LogP contribution in [-0.2, 0) is 10.2 Å². The third-order valence-electron chi connectivity index (χ3n) is 3.00. The Morgan fingerprint density at radius 2 is 1.72 bits per heavy atom. The molecule has 3 heteroatoms. The van der Waals surface area contributed by atoms with E-state index in [1.807, 2.05) is 0 Å². The van der Waals surface area contributed by atoms with Crippen molar-refractivity contribution in [2.24, 2.45) is 0 Å². The maximum Gasteiger partial charge on any atom is 0.221 e. The second kappa shape index (κ2) is 4.88. The maximum absolute atomic E-state index is 11.3. The van der Waals surface area contributed by atoms with Gasteiger partial charge >= 0.3 is 0 Å². The number of benzene rings is 1. The van der Waals surface area contributed by atoms with Gasteiger partial charge in [-0.1, -0.05) is 57.7 Å². The molecule has 1 amide bonds. The number of hydrogen-bond donors (Lipinski definition) is 1. The third-order valence-corrected chi connectivity index (χ3v) is 5.05. The van der Waals surface area contributed by atoms with E-state index < -0.39 is 8.07 Å². The number of carbonyl (C=O) groups is 1. The molecule has 0 aromatic heterocycles. The molecule has 0 unspecified atom stereocenters. The van der Waals surface area contributed by atoms with E-state index in [0.29, 0.717) is 0 Å². The standard InChI is InChI=1S/C15H25NOSi/c1-11(17)16-14-9-8-12(18(5,6)7)10-13(14)15(2,3)4/h8-10H,1-7H3,(H,16,17). The zero-order valence-electron chi connectivity index (χ0n) is 12.6. The Hall–Kier alpha value is -1.09.